The molecule has 37 heavy (non-hydrogen) atoms. The molecule has 0 bridgehead atoms. The molecule has 7 heteroatoms. The first-order chi connectivity index (χ1) is 18.0. The molecule has 7 nitrogen and oxygen atoms in total. The van der Waals surface area contributed by atoms with Crippen molar-refractivity contribution in [2.75, 3.05) is 22.9 Å². The smallest absolute Gasteiger partial charge is 0.300 e. The molecule has 2 unspecified atom stereocenters. The first-order valence-corrected chi connectivity index (χ1v) is 12.9. The predicted molar refractivity (Wildman–Crippen MR) is 142 cm³/mol. The number of carbonyl (C=O) groups excluding carboxylic acids is 2. The van der Waals surface area contributed by atoms with Crippen molar-refractivity contribution in [3.63, 3.8) is 0 Å². The summed E-state index contributed by atoms with van der Waals surface area (Å²) >= 11 is 0. The van der Waals surface area contributed by atoms with Crippen LogP contribution in [0, 0.1) is 0 Å². The highest BCUT2D eigenvalue weighted by atomic mass is 16.5. The Hall–Kier alpha value is -4.13. The maximum absolute atomic E-state index is 13.4. The zero-order valence-corrected chi connectivity index (χ0v) is 20.8. The molecule has 0 spiro atoms. The number of hydrogen-bond donors (Lipinski definition) is 1. The number of ether oxygens (including phenoxy) is 1. The fourth-order valence-electron chi connectivity index (χ4n) is 5.65. The summed E-state index contributed by atoms with van der Waals surface area (Å²) < 4.78 is 5.79. The Morgan fingerprint density at radius 1 is 1.00 bits per heavy atom. The van der Waals surface area contributed by atoms with Crippen molar-refractivity contribution in [2.24, 2.45) is 0 Å². The Morgan fingerprint density at radius 3 is 2.49 bits per heavy atom. The van der Waals surface area contributed by atoms with E-state index >= 15 is 0 Å². The molecule has 2 saturated heterocycles. The number of anilines is 2. The van der Waals surface area contributed by atoms with Gasteiger partial charge in [-0.1, -0.05) is 6.07 Å². The molecule has 4 heterocycles. The monoisotopic (exact) mass is 495 g/mol. The van der Waals surface area contributed by atoms with Crippen LogP contribution in [0.4, 0.5) is 11.4 Å². The standard InChI is InChI=1S/C30H29N3O4/c1-19-16-22-17-20(7-12-25(22)37-19)28(34)26-27(21-6-5-13-31-18-21)33(30(36)29(26)35)24-10-8-23(9-11-24)32-14-3-2-4-15-32/h5-13,17-19,27,34H,2-4,14-16H2,1H3/b28-26-. The zero-order chi connectivity index (χ0) is 25.5. The van der Waals surface area contributed by atoms with Crippen LogP contribution in [0.25, 0.3) is 5.76 Å². The van der Waals surface area contributed by atoms with E-state index in [-0.39, 0.29) is 17.4 Å². The van der Waals surface area contributed by atoms with Crippen LogP contribution in [0.3, 0.4) is 0 Å². The molecule has 188 valence electrons. The number of benzene rings is 2. The number of amides is 1. The van der Waals surface area contributed by atoms with Gasteiger partial charge in [-0.05, 0) is 85.8 Å². The maximum Gasteiger partial charge on any atom is 0.300 e. The summed E-state index contributed by atoms with van der Waals surface area (Å²) in [5, 5.41) is 11.4. The molecule has 3 aliphatic heterocycles. The van der Waals surface area contributed by atoms with Crippen molar-refractivity contribution < 1.29 is 19.4 Å². The van der Waals surface area contributed by atoms with Gasteiger partial charge >= 0.3 is 0 Å². The summed E-state index contributed by atoms with van der Waals surface area (Å²) in [7, 11) is 0. The van der Waals surface area contributed by atoms with E-state index in [1.54, 1.807) is 24.5 Å². The highest BCUT2D eigenvalue weighted by Gasteiger charge is 2.47. The molecule has 1 aromatic heterocycles. The first kappa shape index (κ1) is 23.3. The van der Waals surface area contributed by atoms with E-state index in [2.05, 4.69) is 9.88 Å². The lowest BCUT2D eigenvalue weighted by atomic mass is 9.95. The number of fused-ring (bicyclic) bond motifs is 1. The van der Waals surface area contributed by atoms with Crippen molar-refractivity contribution in [2.45, 2.75) is 44.8 Å². The number of rotatable bonds is 4. The number of piperidine rings is 1. The lowest BCUT2D eigenvalue weighted by Crippen LogP contribution is -2.30. The summed E-state index contributed by atoms with van der Waals surface area (Å²) in [5.41, 5.74) is 3.88. The Labute approximate surface area is 216 Å². The SMILES string of the molecule is CC1Cc2cc(/C(O)=C3/C(=O)C(=O)N(c4ccc(N5CCCCC5)cc4)C3c3cccnc3)ccc2O1. The van der Waals surface area contributed by atoms with Crippen molar-refractivity contribution in [1.29, 1.82) is 0 Å². The zero-order valence-electron chi connectivity index (χ0n) is 20.8. The molecule has 0 radical (unpaired) electrons. The lowest BCUT2D eigenvalue weighted by molar-refractivity contribution is -0.132. The fraction of sp³-hybridized carbons (Fsp3) is 0.300. The van der Waals surface area contributed by atoms with Crippen molar-refractivity contribution in [3.05, 3.63) is 89.3 Å². The van der Waals surface area contributed by atoms with Gasteiger partial charge in [0.1, 0.15) is 17.6 Å². The second kappa shape index (κ2) is 9.39. The van der Waals surface area contributed by atoms with Gasteiger partial charge in [0.25, 0.3) is 11.7 Å². The number of aliphatic hydroxyl groups is 1. The second-order valence-electron chi connectivity index (χ2n) is 9.97. The molecule has 0 aliphatic carbocycles. The topological polar surface area (TPSA) is 83.0 Å². The molecule has 2 atom stereocenters. The Morgan fingerprint density at radius 2 is 1.76 bits per heavy atom. The number of aromatic nitrogens is 1. The number of hydrogen-bond acceptors (Lipinski definition) is 6. The second-order valence-corrected chi connectivity index (χ2v) is 9.97. The summed E-state index contributed by atoms with van der Waals surface area (Å²) in [4.78, 5) is 34.9. The molecule has 6 rings (SSSR count). The Balaban J connectivity index is 1.42. The van der Waals surface area contributed by atoms with Gasteiger partial charge in [0.05, 0.1) is 11.6 Å². The molecule has 3 aliphatic rings. The van der Waals surface area contributed by atoms with E-state index in [9.17, 15) is 14.7 Å². The number of aliphatic hydroxyl groups excluding tert-OH is 1. The molecule has 1 N–H and O–H groups in total. The molecule has 2 fully saturated rings. The number of nitrogens with zero attached hydrogens (tertiary/aromatic N) is 3. The Kier molecular flexibility index (Phi) is 5.91. The third kappa shape index (κ3) is 4.14. The highest BCUT2D eigenvalue weighted by Crippen LogP contribution is 2.43. The molecule has 1 amide bonds. The van der Waals surface area contributed by atoms with Crippen LogP contribution >= 0.6 is 0 Å². The molecule has 2 aromatic carbocycles. The van der Waals surface area contributed by atoms with Gasteiger partial charge in [0.15, 0.2) is 0 Å². The minimum absolute atomic E-state index is 0.0567. The van der Waals surface area contributed by atoms with E-state index < -0.39 is 17.7 Å². The minimum Gasteiger partial charge on any atom is -0.507 e. The van der Waals surface area contributed by atoms with E-state index in [4.69, 9.17) is 4.74 Å². The van der Waals surface area contributed by atoms with Crippen molar-refractivity contribution >= 4 is 28.8 Å². The van der Waals surface area contributed by atoms with Crippen LogP contribution in [0.5, 0.6) is 5.75 Å². The number of ketones is 1. The minimum atomic E-state index is -0.794. The van der Waals surface area contributed by atoms with E-state index in [0.29, 0.717) is 16.8 Å². The van der Waals surface area contributed by atoms with Crippen LogP contribution in [-0.4, -0.2) is 41.0 Å². The average Bonchev–Trinajstić information content (AvgIpc) is 3.44. The van der Waals surface area contributed by atoms with Gasteiger partial charge in [0, 0.05) is 48.8 Å². The van der Waals surface area contributed by atoms with Crippen molar-refractivity contribution in [1.82, 2.24) is 4.98 Å². The van der Waals surface area contributed by atoms with Gasteiger partial charge in [-0.3, -0.25) is 19.5 Å². The van der Waals surface area contributed by atoms with E-state index in [0.717, 1.165) is 36.5 Å². The van der Waals surface area contributed by atoms with E-state index in [1.165, 1.54) is 24.2 Å². The number of pyridine rings is 1. The molecular weight excluding hydrogens is 466 g/mol. The summed E-state index contributed by atoms with van der Waals surface area (Å²) in [6.07, 6.45) is 7.65. The summed E-state index contributed by atoms with van der Waals surface area (Å²) in [5.74, 6) is -0.792. The highest BCUT2D eigenvalue weighted by molar-refractivity contribution is 6.51. The normalized spacial score (nSPS) is 22.7. The van der Waals surface area contributed by atoms with Gasteiger partial charge in [-0.2, -0.15) is 0 Å². The first-order valence-electron chi connectivity index (χ1n) is 12.9. The third-order valence-electron chi connectivity index (χ3n) is 7.46. The third-order valence-corrected chi connectivity index (χ3v) is 7.46. The quantitative estimate of drug-likeness (QED) is 0.311. The molecular formula is C30H29N3O4. The van der Waals surface area contributed by atoms with Crippen LogP contribution in [0.15, 0.2) is 72.6 Å². The average molecular weight is 496 g/mol. The largest absolute Gasteiger partial charge is 0.507 e. The van der Waals surface area contributed by atoms with Gasteiger partial charge in [-0.25, -0.2) is 0 Å². The van der Waals surface area contributed by atoms with Crippen LogP contribution < -0.4 is 14.5 Å². The van der Waals surface area contributed by atoms with Gasteiger partial charge < -0.3 is 14.7 Å². The van der Waals surface area contributed by atoms with Gasteiger partial charge in [-0.15, -0.1) is 0 Å². The summed E-state index contributed by atoms with van der Waals surface area (Å²) in [6, 6.07) is 15.9. The predicted octanol–water partition coefficient (Wildman–Crippen LogP) is 5.02. The fourth-order valence-corrected chi connectivity index (χ4v) is 5.65. The van der Waals surface area contributed by atoms with Crippen LogP contribution in [0.2, 0.25) is 0 Å². The Bertz CT molecular complexity index is 1380. The van der Waals surface area contributed by atoms with Crippen LogP contribution in [-0.2, 0) is 16.0 Å². The molecule has 3 aromatic rings. The lowest BCUT2D eigenvalue weighted by Gasteiger charge is -2.30. The van der Waals surface area contributed by atoms with Crippen LogP contribution in [0.1, 0.15) is 48.9 Å². The number of Topliss-reactive ketones (excluding diaryl/α,β-unsaturated/α-hetero) is 1. The maximum atomic E-state index is 13.4. The molecule has 0 saturated carbocycles. The number of carbonyl (C=O) groups is 2. The van der Waals surface area contributed by atoms with E-state index in [1.807, 2.05) is 49.4 Å². The summed E-state index contributed by atoms with van der Waals surface area (Å²) in [6.45, 7) is 4.03. The van der Waals surface area contributed by atoms with Crippen molar-refractivity contribution in [3.8, 4) is 5.75 Å². The van der Waals surface area contributed by atoms with Gasteiger partial charge in [0.2, 0.25) is 0 Å².